The lowest BCUT2D eigenvalue weighted by Gasteiger charge is -2.13. The first-order valence-corrected chi connectivity index (χ1v) is 6.24. The average molecular weight is 223 g/mol. The van der Waals surface area contributed by atoms with Crippen LogP contribution < -0.4 is 5.32 Å². The Morgan fingerprint density at radius 2 is 1.88 bits per heavy atom. The molecule has 0 aliphatic heterocycles. The lowest BCUT2D eigenvalue weighted by Crippen LogP contribution is -2.19. The highest BCUT2D eigenvalue weighted by atomic mass is 15.3. The standard InChI is InChI=1S/C13H25N3/c1-7-14-10(4)13-11(5)15-16(12(13)6)8-9(2)3/h9-10,14H,7-8H2,1-6H3. The molecule has 0 aliphatic carbocycles. The number of nitrogens with zero attached hydrogens (tertiary/aromatic N) is 2. The van der Waals surface area contributed by atoms with Crippen molar-refractivity contribution in [2.24, 2.45) is 5.92 Å². The SMILES string of the molecule is CCNC(C)c1c(C)nn(CC(C)C)c1C. The summed E-state index contributed by atoms with van der Waals surface area (Å²) in [6, 6.07) is 0.394. The number of aromatic nitrogens is 2. The van der Waals surface area contributed by atoms with Crippen LogP contribution in [0.1, 0.15) is 50.7 Å². The van der Waals surface area contributed by atoms with E-state index in [2.05, 4.69) is 56.6 Å². The Morgan fingerprint density at radius 3 is 2.38 bits per heavy atom. The number of nitrogens with one attached hydrogen (secondary N) is 1. The van der Waals surface area contributed by atoms with E-state index in [0.29, 0.717) is 12.0 Å². The largest absolute Gasteiger partial charge is 0.310 e. The summed E-state index contributed by atoms with van der Waals surface area (Å²) in [5.41, 5.74) is 3.83. The van der Waals surface area contributed by atoms with Crippen LogP contribution in [-0.4, -0.2) is 16.3 Å². The quantitative estimate of drug-likeness (QED) is 0.832. The van der Waals surface area contributed by atoms with E-state index in [1.54, 1.807) is 0 Å². The van der Waals surface area contributed by atoms with Crippen molar-refractivity contribution in [3.8, 4) is 0 Å². The highest BCUT2D eigenvalue weighted by Gasteiger charge is 2.16. The fourth-order valence-electron chi connectivity index (χ4n) is 2.27. The van der Waals surface area contributed by atoms with Gasteiger partial charge in [-0.2, -0.15) is 5.10 Å². The van der Waals surface area contributed by atoms with Gasteiger partial charge in [0.2, 0.25) is 0 Å². The van der Waals surface area contributed by atoms with Crippen molar-refractivity contribution in [1.82, 2.24) is 15.1 Å². The molecule has 3 heteroatoms. The smallest absolute Gasteiger partial charge is 0.0644 e. The van der Waals surface area contributed by atoms with Gasteiger partial charge in [-0.15, -0.1) is 0 Å². The zero-order valence-corrected chi connectivity index (χ0v) is 11.5. The Kier molecular flexibility index (Phi) is 4.54. The highest BCUT2D eigenvalue weighted by molar-refractivity contribution is 5.27. The maximum Gasteiger partial charge on any atom is 0.0644 e. The molecule has 0 saturated heterocycles. The van der Waals surface area contributed by atoms with E-state index < -0.39 is 0 Å². The molecule has 0 bridgehead atoms. The van der Waals surface area contributed by atoms with Gasteiger partial charge in [0.15, 0.2) is 0 Å². The van der Waals surface area contributed by atoms with Crippen molar-refractivity contribution in [3.63, 3.8) is 0 Å². The van der Waals surface area contributed by atoms with Gasteiger partial charge >= 0.3 is 0 Å². The third-order valence-electron chi connectivity index (χ3n) is 2.92. The van der Waals surface area contributed by atoms with Crippen molar-refractivity contribution in [3.05, 3.63) is 17.0 Å². The van der Waals surface area contributed by atoms with Crippen LogP contribution in [0.25, 0.3) is 0 Å². The first-order chi connectivity index (χ1) is 7.47. The predicted molar refractivity (Wildman–Crippen MR) is 68.6 cm³/mol. The monoisotopic (exact) mass is 223 g/mol. The zero-order valence-electron chi connectivity index (χ0n) is 11.5. The minimum atomic E-state index is 0.394. The molecule has 1 atom stereocenters. The van der Waals surface area contributed by atoms with Gasteiger partial charge in [0.05, 0.1) is 5.69 Å². The van der Waals surface area contributed by atoms with E-state index in [9.17, 15) is 0 Å². The molecule has 0 radical (unpaired) electrons. The third kappa shape index (κ3) is 2.85. The summed E-state index contributed by atoms with van der Waals surface area (Å²) in [5, 5.41) is 8.09. The molecule has 92 valence electrons. The molecule has 1 unspecified atom stereocenters. The van der Waals surface area contributed by atoms with E-state index in [1.807, 2.05) is 0 Å². The molecule has 0 aromatic carbocycles. The van der Waals surface area contributed by atoms with E-state index >= 15 is 0 Å². The Hall–Kier alpha value is -0.830. The summed E-state index contributed by atoms with van der Waals surface area (Å²) in [7, 11) is 0. The van der Waals surface area contributed by atoms with Crippen LogP contribution in [0.4, 0.5) is 0 Å². The fraction of sp³-hybridized carbons (Fsp3) is 0.769. The van der Waals surface area contributed by atoms with Crippen molar-refractivity contribution < 1.29 is 0 Å². The van der Waals surface area contributed by atoms with Gasteiger partial charge in [-0.3, -0.25) is 4.68 Å². The Morgan fingerprint density at radius 1 is 1.25 bits per heavy atom. The van der Waals surface area contributed by atoms with Crippen LogP contribution in [0.2, 0.25) is 0 Å². The van der Waals surface area contributed by atoms with Crippen molar-refractivity contribution in [1.29, 1.82) is 0 Å². The van der Waals surface area contributed by atoms with Gasteiger partial charge < -0.3 is 5.32 Å². The van der Waals surface area contributed by atoms with Crippen molar-refractivity contribution in [2.75, 3.05) is 6.54 Å². The van der Waals surface area contributed by atoms with Crippen LogP contribution in [-0.2, 0) is 6.54 Å². The maximum atomic E-state index is 4.63. The van der Waals surface area contributed by atoms with Crippen molar-refractivity contribution in [2.45, 2.75) is 54.1 Å². The summed E-state index contributed by atoms with van der Waals surface area (Å²) < 4.78 is 2.14. The normalized spacial score (nSPS) is 13.4. The summed E-state index contributed by atoms with van der Waals surface area (Å²) in [5.74, 6) is 0.639. The van der Waals surface area contributed by atoms with Crippen LogP contribution in [0.5, 0.6) is 0 Å². The number of rotatable bonds is 5. The maximum absolute atomic E-state index is 4.63. The van der Waals surface area contributed by atoms with E-state index in [1.165, 1.54) is 11.3 Å². The molecule has 0 fully saturated rings. The van der Waals surface area contributed by atoms with E-state index in [4.69, 9.17) is 0 Å². The Balaban J connectivity index is 2.97. The van der Waals surface area contributed by atoms with Crippen LogP contribution in [0.3, 0.4) is 0 Å². The van der Waals surface area contributed by atoms with Gasteiger partial charge in [-0.1, -0.05) is 20.8 Å². The molecule has 0 spiro atoms. The highest BCUT2D eigenvalue weighted by Crippen LogP contribution is 2.21. The molecule has 1 aromatic rings. The van der Waals surface area contributed by atoms with Crippen LogP contribution in [0.15, 0.2) is 0 Å². The molecule has 1 N–H and O–H groups in total. The summed E-state index contributed by atoms with van der Waals surface area (Å²) in [6.45, 7) is 15.1. The number of hydrogen-bond donors (Lipinski definition) is 1. The molecule has 3 nitrogen and oxygen atoms in total. The number of aryl methyl sites for hydroxylation is 1. The first kappa shape index (κ1) is 13.2. The minimum Gasteiger partial charge on any atom is -0.310 e. The van der Waals surface area contributed by atoms with E-state index in [0.717, 1.165) is 18.8 Å². The van der Waals surface area contributed by atoms with Gasteiger partial charge in [0.1, 0.15) is 0 Å². The van der Waals surface area contributed by atoms with Crippen molar-refractivity contribution >= 4 is 0 Å². The molecular weight excluding hydrogens is 198 g/mol. The van der Waals surface area contributed by atoms with Gasteiger partial charge in [0, 0.05) is 23.8 Å². The second-order valence-electron chi connectivity index (χ2n) is 4.94. The molecule has 0 saturated carbocycles. The topological polar surface area (TPSA) is 29.9 Å². The second kappa shape index (κ2) is 5.48. The Labute approximate surface area is 99.2 Å². The predicted octanol–water partition coefficient (Wildman–Crippen LogP) is 2.83. The van der Waals surface area contributed by atoms with Crippen LogP contribution >= 0.6 is 0 Å². The molecule has 16 heavy (non-hydrogen) atoms. The summed E-state index contributed by atoms with van der Waals surface area (Å²) in [6.07, 6.45) is 0. The summed E-state index contributed by atoms with van der Waals surface area (Å²) >= 11 is 0. The average Bonchev–Trinajstić information content (AvgIpc) is 2.41. The lowest BCUT2D eigenvalue weighted by atomic mass is 10.1. The second-order valence-corrected chi connectivity index (χ2v) is 4.94. The molecule has 1 aromatic heterocycles. The van der Waals surface area contributed by atoms with Crippen LogP contribution in [0, 0.1) is 19.8 Å². The first-order valence-electron chi connectivity index (χ1n) is 6.24. The van der Waals surface area contributed by atoms with Gasteiger partial charge in [0.25, 0.3) is 0 Å². The molecule has 1 heterocycles. The number of hydrogen-bond acceptors (Lipinski definition) is 2. The van der Waals surface area contributed by atoms with Gasteiger partial charge in [-0.05, 0) is 33.2 Å². The third-order valence-corrected chi connectivity index (χ3v) is 2.92. The molecule has 0 aliphatic rings. The molecular formula is C13H25N3. The van der Waals surface area contributed by atoms with Gasteiger partial charge in [-0.25, -0.2) is 0 Å². The lowest BCUT2D eigenvalue weighted by molar-refractivity contribution is 0.471. The zero-order chi connectivity index (χ0) is 12.3. The Bertz CT molecular complexity index is 339. The molecule has 0 amide bonds. The van der Waals surface area contributed by atoms with E-state index in [-0.39, 0.29) is 0 Å². The minimum absolute atomic E-state index is 0.394. The molecule has 1 rings (SSSR count). The summed E-state index contributed by atoms with van der Waals surface area (Å²) in [4.78, 5) is 0. The fourth-order valence-corrected chi connectivity index (χ4v) is 2.27.